The highest BCUT2D eigenvalue weighted by Gasteiger charge is 2.21. The van der Waals surface area contributed by atoms with Crippen LogP contribution in [0.5, 0.6) is 0 Å². The van der Waals surface area contributed by atoms with Crippen LogP contribution in [-0.4, -0.2) is 68.2 Å². The fourth-order valence-electron chi connectivity index (χ4n) is 3.42. The number of likely N-dealkylation sites (N-methyl/N-ethyl adjacent to an activating group) is 1. The Hall–Kier alpha value is -2.34. The number of aromatic nitrogens is 2. The van der Waals surface area contributed by atoms with E-state index in [-0.39, 0.29) is 0 Å². The quantitative estimate of drug-likeness (QED) is 0.846. The fraction of sp³-hybridized carbons (Fsp3) is 0.524. The SMILES string of the molecule is Cc1cc(NCCN(C)C)nc(N2CCN(c3cccc(C)c3C)CC2)n1. The minimum Gasteiger partial charge on any atom is -0.369 e. The fourth-order valence-corrected chi connectivity index (χ4v) is 3.42. The normalized spacial score (nSPS) is 14.7. The van der Waals surface area contributed by atoms with Gasteiger partial charge in [-0.15, -0.1) is 0 Å². The third-order valence-electron chi connectivity index (χ3n) is 5.19. The first-order chi connectivity index (χ1) is 12.9. The predicted octanol–water partition coefficient (Wildman–Crippen LogP) is 2.70. The molecule has 0 radical (unpaired) electrons. The van der Waals surface area contributed by atoms with Gasteiger partial charge < -0.3 is 20.0 Å². The molecular formula is C21H32N6. The summed E-state index contributed by atoms with van der Waals surface area (Å²) in [5.74, 6) is 1.75. The molecule has 0 aliphatic carbocycles. The van der Waals surface area contributed by atoms with Gasteiger partial charge in [-0.05, 0) is 52.1 Å². The van der Waals surface area contributed by atoms with E-state index in [1.807, 2.05) is 13.0 Å². The van der Waals surface area contributed by atoms with Gasteiger partial charge in [0, 0.05) is 56.7 Å². The topological polar surface area (TPSA) is 47.5 Å². The van der Waals surface area contributed by atoms with Gasteiger partial charge in [0.25, 0.3) is 0 Å². The van der Waals surface area contributed by atoms with E-state index in [0.717, 1.165) is 56.7 Å². The maximum atomic E-state index is 4.75. The van der Waals surface area contributed by atoms with Gasteiger partial charge in [0.2, 0.25) is 5.95 Å². The van der Waals surface area contributed by atoms with Crippen LogP contribution in [-0.2, 0) is 0 Å². The number of aryl methyl sites for hydroxylation is 2. The van der Waals surface area contributed by atoms with Crippen molar-refractivity contribution in [1.29, 1.82) is 0 Å². The van der Waals surface area contributed by atoms with Gasteiger partial charge in [0.05, 0.1) is 0 Å². The Morgan fingerprint density at radius 2 is 1.70 bits per heavy atom. The third-order valence-corrected chi connectivity index (χ3v) is 5.19. The predicted molar refractivity (Wildman–Crippen MR) is 114 cm³/mol. The average molecular weight is 369 g/mol. The van der Waals surface area contributed by atoms with Crippen LogP contribution in [0.2, 0.25) is 0 Å². The zero-order chi connectivity index (χ0) is 19.4. The molecule has 2 aromatic rings. The molecule has 1 aliphatic rings. The summed E-state index contributed by atoms with van der Waals surface area (Å²) < 4.78 is 0. The number of piperazine rings is 1. The van der Waals surface area contributed by atoms with Crippen molar-refractivity contribution in [3.63, 3.8) is 0 Å². The third kappa shape index (κ3) is 4.89. The highest BCUT2D eigenvalue weighted by Crippen LogP contribution is 2.25. The first-order valence-corrected chi connectivity index (χ1v) is 9.74. The molecule has 0 unspecified atom stereocenters. The van der Waals surface area contributed by atoms with Crippen molar-refractivity contribution >= 4 is 17.5 Å². The van der Waals surface area contributed by atoms with E-state index in [0.29, 0.717) is 0 Å². The molecule has 146 valence electrons. The van der Waals surface area contributed by atoms with Gasteiger partial charge in [-0.2, -0.15) is 4.98 Å². The van der Waals surface area contributed by atoms with Crippen molar-refractivity contribution < 1.29 is 0 Å². The lowest BCUT2D eigenvalue weighted by Crippen LogP contribution is -2.47. The molecule has 0 spiro atoms. The highest BCUT2D eigenvalue weighted by molar-refractivity contribution is 5.57. The summed E-state index contributed by atoms with van der Waals surface area (Å²) in [5.41, 5.74) is 5.09. The zero-order valence-electron chi connectivity index (χ0n) is 17.3. The maximum absolute atomic E-state index is 4.75. The lowest BCUT2D eigenvalue weighted by atomic mass is 10.1. The average Bonchev–Trinajstić information content (AvgIpc) is 2.63. The van der Waals surface area contributed by atoms with Crippen molar-refractivity contribution in [3.05, 3.63) is 41.1 Å². The molecule has 6 heteroatoms. The Kier molecular flexibility index (Phi) is 6.16. The highest BCUT2D eigenvalue weighted by atomic mass is 15.3. The van der Waals surface area contributed by atoms with E-state index in [4.69, 9.17) is 4.98 Å². The molecule has 1 N–H and O–H groups in total. The molecule has 1 aromatic carbocycles. The number of nitrogens with zero attached hydrogens (tertiary/aromatic N) is 5. The molecule has 3 rings (SSSR count). The first kappa shape index (κ1) is 19.4. The summed E-state index contributed by atoms with van der Waals surface area (Å²) in [6.45, 7) is 12.1. The van der Waals surface area contributed by atoms with Crippen molar-refractivity contribution in [1.82, 2.24) is 14.9 Å². The van der Waals surface area contributed by atoms with E-state index in [1.54, 1.807) is 0 Å². The van der Waals surface area contributed by atoms with Crippen LogP contribution in [0.3, 0.4) is 0 Å². The van der Waals surface area contributed by atoms with Gasteiger partial charge in [-0.1, -0.05) is 12.1 Å². The lowest BCUT2D eigenvalue weighted by Gasteiger charge is -2.37. The smallest absolute Gasteiger partial charge is 0.227 e. The van der Waals surface area contributed by atoms with Crippen LogP contribution in [0.25, 0.3) is 0 Å². The number of hydrogen-bond acceptors (Lipinski definition) is 6. The van der Waals surface area contributed by atoms with Crippen LogP contribution >= 0.6 is 0 Å². The Bertz CT molecular complexity index is 765. The summed E-state index contributed by atoms with van der Waals surface area (Å²) in [6, 6.07) is 8.58. The second kappa shape index (κ2) is 8.57. The summed E-state index contributed by atoms with van der Waals surface area (Å²) in [4.78, 5) is 16.4. The van der Waals surface area contributed by atoms with Gasteiger partial charge in [0.15, 0.2) is 0 Å². The summed E-state index contributed by atoms with van der Waals surface area (Å²) >= 11 is 0. The van der Waals surface area contributed by atoms with E-state index in [2.05, 4.69) is 71.1 Å². The number of anilines is 3. The molecule has 0 bridgehead atoms. The minimum atomic E-state index is 0.836. The molecule has 1 saturated heterocycles. The van der Waals surface area contributed by atoms with Crippen LogP contribution < -0.4 is 15.1 Å². The number of benzene rings is 1. The van der Waals surface area contributed by atoms with Gasteiger partial charge in [0.1, 0.15) is 5.82 Å². The Balaban J connectivity index is 1.65. The Morgan fingerprint density at radius 1 is 1.00 bits per heavy atom. The van der Waals surface area contributed by atoms with Gasteiger partial charge >= 0.3 is 0 Å². The van der Waals surface area contributed by atoms with E-state index in [9.17, 15) is 0 Å². The molecule has 2 heterocycles. The molecule has 0 saturated carbocycles. The Labute approximate surface area is 163 Å². The zero-order valence-corrected chi connectivity index (χ0v) is 17.3. The molecule has 27 heavy (non-hydrogen) atoms. The van der Waals surface area contributed by atoms with Gasteiger partial charge in [-0.25, -0.2) is 4.98 Å². The largest absolute Gasteiger partial charge is 0.369 e. The second-order valence-electron chi connectivity index (χ2n) is 7.62. The summed E-state index contributed by atoms with van der Waals surface area (Å²) in [6.07, 6.45) is 0. The molecule has 1 fully saturated rings. The summed E-state index contributed by atoms with van der Waals surface area (Å²) in [5, 5.41) is 3.41. The van der Waals surface area contributed by atoms with E-state index < -0.39 is 0 Å². The summed E-state index contributed by atoms with van der Waals surface area (Å²) in [7, 11) is 4.15. The molecule has 0 atom stereocenters. The van der Waals surface area contributed by atoms with E-state index in [1.165, 1.54) is 16.8 Å². The Morgan fingerprint density at radius 3 is 2.41 bits per heavy atom. The molecule has 1 aromatic heterocycles. The van der Waals surface area contributed by atoms with Crippen LogP contribution in [0.4, 0.5) is 17.5 Å². The number of hydrogen-bond donors (Lipinski definition) is 1. The van der Waals surface area contributed by atoms with Crippen LogP contribution in [0.15, 0.2) is 24.3 Å². The second-order valence-corrected chi connectivity index (χ2v) is 7.62. The van der Waals surface area contributed by atoms with Crippen LogP contribution in [0.1, 0.15) is 16.8 Å². The maximum Gasteiger partial charge on any atom is 0.227 e. The van der Waals surface area contributed by atoms with Crippen molar-refractivity contribution in [2.45, 2.75) is 20.8 Å². The van der Waals surface area contributed by atoms with Crippen molar-refractivity contribution in [2.75, 3.05) is 68.5 Å². The first-order valence-electron chi connectivity index (χ1n) is 9.74. The molecule has 0 amide bonds. The van der Waals surface area contributed by atoms with E-state index >= 15 is 0 Å². The molecular weight excluding hydrogens is 336 g/mol. The van der Waals surface area contributed by atoms with Crippen molar-refractivity contribution in [2.24, 2.45) is 0 Å². The molecule has 1 aliphatic heterocycles. The van der Waals surface area contributed by atoms with Crippen LogP contribution in [0, 0.1) is 20.8 Å². The number of rotatable bonds is 6. The van der Waals surface area contributed by atoms with Gasteiger partial charge in [-0.3, -0.25) is 0 Å². The van der Waals surface area contributed by atoms with Crippen molar-refractivity contribution in [3.8, 4) is 0 Å². The molecule has 6 nitrogen and oxygen atoms in total. The standard InChI is InChI=1S/C21H32N6/c1-16-7-6-8-19(18(16)3)26-11-13-27(14-12-26)21-23-17(2)15-20(24-21)22-9-10-25(4)5/h6-8,15H,9-14H2,1-5H3,(H,22,23,24). The number of nitrogens with one attached hydrogen (secondary N) is 1. The minimum absolute atomic E-state index is 0.836. The monoisotopic (exact) mass is 368 g/mol. The lowest BCUT2D eigenvalue weighted by molar-refractivity contribution is 0.425.